The molecule has 0 aromatic carbocycles. The molecule has 0 saturated carbocycles. The van der Waals surface area contributed by atoms with Crippen LogP contribution in [0.4, 0.5) is 4.79 Å². The highest BCUT2D eigenvalue weighted by Crippen LogP contribution is 2.05. The highest BCUT2D eigenvalue weighted by atomic mass is 16.6. The van der Waals surface area contributed by atoms with E-state index in [9.17, 15) is 4.79 Å². The second-order valence-corrected chi connectivity index (χ2v) is 1.64. The molecule has 4 heteroatoms. The van der Waals surface area contributed by atoms with Crippen LogP contribution in [0.1, 0.15) is 0 Å². The van der Waals surface area contributed by atoms with Crippen LogP contribution in [0.15, 0.2) is 0 Å². The Labute approximate surface area is 46.4 Å². The molecule has 1 rings (SSSR count). The van der Waals surface area contributed by atoms with Gasteiger partial charge < -0.3 is 15.2 Å². The first kappa shape index (κ1) is 5.37. The molecule has 1 aliphatic rings. The zero-order chi connectivity index (χ0) is 5.98. The molecule has 1 heterocycles. The summed E-state index contributed by atoms with van der Waals surface area (Å²) in [4.78, 5) is 9.76. The van der Waals surface area contributed by atoms with Crippen molar-refractivity contribution >= 4 is 6.09 Å². The number of epoxide rings is 1. The molecule has 0 radical (unpaired) electrons. The lowest BCUT2D eigenvalue weighted by molar-refractivity contribution is 0.193. The maximum absolute atomic E-state index is 9.76. The Morgan fingerprint density at radius 2 is 2.62 bits per heavy atom. The van der Waals surface area contributed by atoms with Crippen molar-refractivity contribution in [1.82, 2.24) is 5.32 Å². The van der Waals surface area contributed by atoms with E-state index in [2.05, 4.69) is 5.32 Å². The number of rotatable bonds is 2. The standard InChI is InChI=1S/C4H7NO3/c6-4(7)5-1-3-2-8-3/h3,5H,1-2H2,(H,6,7)/t3-/m1/s1. The fourth-order valence-electron chi connectivity index (χ4n) is 0.387. The van der Waals surface area contributed by atoms with Crippen LogP contribution in [-0.2, 0) is 4.74 Å². The van der Waals surface area contributed by atoms with Crippen LogP contribution >= 0.6 is 0 Å². The smallest absolute Gasteiger partial charge is 0.404 e. The SMILES string of the molecule is O=C(O)NC[C@@H]1CO1. The Morgan fingerprint density at radius 3 is 3.00 bits per heavy atom. The lowest BCUT2D eigenvalue weighted by Gasteiger charge is -1.91. The Hall–Kier alpha value is -0.770. The zero-order valence-electron chi connectivity index (χ0n) is 4.26. The van der Waals surface area contributed by atoms with E-state index in [0.717, 1.165) is 0 Å². The molecule has 2 N–H and O–H groups in total. The average molecular weight is 117 g/mol. The minimum atomic E-state index is -0.986. The van der Waals surface area contributed by atoms with Crippen molar-refractivity contribution < 1.29 is 14.6 Å². The summed E-state index contributed by atoms with van der Waals surface area (Å²) in [5.74, 6) is 0. The normalized spacial score (nSPS) is 24.8. The Kier molecular flexibility index (Phi) is 1.34. The average Bonchev–Trinajstić information content (AvgIpc) is 2.41. The van der Waals surface area contributed by atoms with Gasteiger partial charge in [-0.1, -0.05) is 0 Å². The van der Waals surface area contributed by atoms with E-state index in [0.29, 0.717) is 13.2 Å². The van der Waals surface area contributed by atoms with Crippen molar-refractivity contribution in [2.75, 3.05) is 13.2 Å². The summed E-state index contributed by atoms with van der Waals surface area (Å²) in [6.07, 6.45) is -0.841. The van der Waals surface area contributed by atoms with Crippen molar-refractivity contribution in [3.8, 4) is 0 Å². The number of nitrogens with one attached hydrogen (secondary N) is 1. The molecule has 0 aromatic heterocycles. The summed E-state index contributed by atoms with van der Waals surface area (Å²) in [6.45, 7) is 1.12. The molecule has 0 unspecified atom stereocenters. The number of hydrogen-bond donors (Lipinski definition) is 2. The Morgan fingerprint density at radius 1 is 2.00 bits per heavy atom. The predicted molar refractivity (Wildman–Crippen MR) is 25.8 cm³/mol. The predicted octanol–water partition coefficient (Wildman–Crippen LogP) is -0.347. The molecule has 8 heavy (non-hydrogen) atoms. The lowest BCUT2D eigenvalue weighted by Crippen LogP contribution is -2.25. The van der Waals surface area contributed by atoms with Gasteiger partial charge in [0.25, 0.3) is 0 Å². The molecular weight excluding hydrogens is 110 g/mol. The molecule has 0 aromatic rings. The summed E-state index contributed by atoms with van der Waals surface area (Å²) < 4.78 is 4.73. The quantitative estimate of drug-likeness (QED) is 0.486. The summed E-state index contributed by atoms with van der Waals surface area (Å²) in [5, 5.41) is 10.2. The van der Waals surface area contributed by atoms with Crippen LogP contribution in [0.5, 0.6) is 0 Å². The molecule has 46 valence electrons. The van der Waals surface area contributed by atoms with Crippen molar-refractivity contribution in [2.24, 2.45) is 0 Å². The first-order valence-corrected chi connectivity index (χ1v) is 2.37. The van der Waals surface area contributed by atoms with Crippen molar-refractivity contribution in [1.29, 1.82) is 0 Å². The fourth-order valence-corrected chi connectivity index (χ4v) is 0.387. The maximum atomic E-state index is 9.76. The van der Waals surface area contributed by atoms with Crippen LogP contribution in [-0.4, -0.2) is 30.5 Å². The second kappa shape index (κ2) is 2.00. The molecule has 0 bridgehead atoms. The first-order valence-electron chi connectivity index (χ1n) is 2.37. The number of carboxylic acid groups (broad SMARTS) is 1. The van der Waals surface area contributed by atoms with Gasteiger partial charge in [-0.15, -0.1) is 0 Å². The van der Waals surface area contributed by atoms with E-state index in [-0.39, 0.29) is 6.10 Å². The van der Waals surface area contributed by atoms with Crippen LogP contribution in [0.3, 0.4) is 0 Å². The molecule has 1 atom stereocenters. The van der Waals surface area contributed by atoms with E-state index in [4.69, 9.17) is 9.84 Å². The van der Waals surface area contributed by atoms with E-state index in [1.165, 1.54) is 0 Å². The third kappa shape index (κ3) is 1.79. The largest absolute Gasteiger partial charge is 0.465 e. The summed E-state index contributed by atoms with van der Waals surface area (Å²) in [6, 6.07) is 0. The minimum absolute atomic E-state index is 0.145. The summed E-state index contributed by atoms with van der Waals surface area (Å²) in [5.41, 5.74) is 0. The molecular formula is C4H7NO3. The molecule has 0 spiro atoms. The summed E-state index contributed by atoms with van der Waals surface area (Å²) >= 11 is 0. The van der Waals surface area contributed by atoms with Gasteiger partial charge in [-0.3, -0.25) is 0 Å². The van der Waals surface area contributed by atoms with Gasteiger partial charge in [-0.25, -0.2) is 4.79 Å². The van der Waals surface area contributed by atoms with Crippen molar-refractivity contribution in [2.45, 2.75) is 6.10 Å². The third-order valence-electron chi connectivity index (χ3n) is 0.883. The summed E-state index contributed by atoms with van der Waals surface area (Å²) in [7, 11) is 0. The first-order chi connectivity index (χ1) is 3.79. The fraction of sp³-hybridized carbons (Fsp3) is 0.750. The Bertz CT molecular complexity index is 99.5. The zero-order valence-corrected chi connectivity index (χ0v) is 4.26. The van der Waals surface area contributed by atoms with E-state index in [1.807, 2.05) is 0 Å². The second-order valence-electron chi connectivity index (χ2n) is 1.64. The number of carbonyl (C=O) groups is 1. The minimum Gasteiger partial charge on any atom is -0.465 e. The molecule has 1 aliphatic heterocycles. The van der Waals surface area contributed by atoms with Gasteiger partial charge in [-0.2, -0.15) is 0 Å². The van der Waals surface area contributed by atoms with E-state index < -0.39 is 6.09 Å². The van der Waals surface area contributed by atoms with E-state index >= 15 is 0 Å². The van der Waals surface area contributed by atoms with Crippen molar-refractivity contribution in [3.63, 3.8) is 0 Å². The van der Waals surface area contributed by atoms with Gasteiger partial charge in [-0.05, 0) is 0 Å². The van der Waals surface area contributed by atoms with Crippen LogP contribution in [0, 0.1) is 0 Å². The van der Waals surface area contributed by atoms with Gasteiger partial charge in [0, 0.05) is 6.54 Å². The molecule has 1 amide bonds. The van der Waals surface area contributed by atoms with Gasteiger partial charge in [0.1, 0.15) is 0 Å². The number of hydrogen-bond acceptors (Lipinski definition) is 2. The Balaban J connectivity index is 1.95. The van der Waals surface area contributed by atoms with Gasteiger partial charge in [0.05, 0.1) is 12.7 Å². The topological polar surface area (TPSA) is 61.9 Å². The number of ether oxygens (including phenoxy) is 1. The maximum Gasteiger partial charge on any atom is 0.404 e. The lowest BCUT2D eigenvalue weighted by atomic mass is 10.5. The van der Waals surface area contributed by atoms with Crippen molar-refractivity contribution in [3.05, 3.63) is 0 Å². The molecule has 1 fully saturated rings. The van der Waals surface area contributed by atoms with Crippen LogP contribution < -0.4 is 5.32 Å². The molecule has 4 nitrogen and oxygen atoms in total. The van der Waals surface area contributed by atoms with Crippen LogP contribution in [0.2, 0.25) is 0 Å². The van der Waals surface area contributed by atoms with Crippen LogP contribution in [0.25, 0.3) is 0 Å². The highest BCUT2D eigenvalue weighted by Gasteiger charge is 2.22. The highest BCUT2D eigenvalue weighted by molar-refractivity contribution is 5.64. The molecule has 0 aliphatic carbocycles. The van der Waals surface area contributed by atoms with Gasteiger partial charge in [0.15, 0.2) is 0 Å². The number of amides is 1. The molecule has 1 saturated heterocycles. The van der Waals surface area contributed by atoms with Gasteiger partial charge in [0.2, 0.25) is 0 Å². The van der Waals surface area contributed by atoms with Gasteiger partial charge >= 0.3 is 6.09 Å². The monoisotopic (exact) mass is 117 g/mol. The van der Waals surface area contributed by atoms with E-state index in [1.54, 1.807) is 0 Å². The third-order valence-corrected chi connectivity index (χ3v) is 0.883.